The van der Waals surface area contributed by atoms with Crippen LogP contribution in [0.1, 0.15) is 15.9 Å². The third-order valence-electron chi connectivity index (χ3n) is 2.58. The SMILES string of the molecule is O=C(O)c1cccc(F)c1OCc1cc(F)ccc1F. The molecule has 0 heterocycles. The highest BCUT2D eigenvalue weighted by Gasteiger charge is 2.16. The van der Waals surface area contributed by atoms with E-state index in [-0.39, 0.29) is 11.1 Å². The van der Waals surface area contributed by atoms with Crippen LogP contribution in [0.2, 0.25) is 0 Å². The maximum absolute atomic E-state index is 13.5. The lowest BCUT2D eigenvalue weighted by molar-refractivity contribution is 0.0690. The Morgan fingerprint density at radius 1 is 1.10 bits per heavy atom. The Morgan fingerprint density at radius 2 is 1.85 bits per heavy atom. The van der Waals surface area contributed by atoms with Gasteiger partial charge in [-0.3, -0.25) is 0 Å². The molecule has 2 aromatic carbocycles. The first-order valence-corrected chi connectivity index (χ1v) is 5.57. The zero-order valence-corrected chi connectivity index (χ0v) is 10.1. The summed E-state index contributed by atoms with van der Waals surface area (Å²) in [6.45, 7) is -0.481. The van der Waals surface area contributed by atoms with Gasteiger partial charge in [-0.15, -0.1) is 0 Å². The first-order valence-electron chi connectivity index (χ1n) is 5.57. The number of para-hydroxylation sites is 1. The van der Waals surface area contributed by atoms with Crippen LogP contribution < -0.4 is 4.74 Å². The topological polar surface area (TPSA) is 46.5 Å². The van der Waals surface area contributed by atoms with Gasteiger partial charge >= 0.3 is 5.97 Å². The van der Waals surface area contributed by atoms with Crippen LogP contribution in [0.25, 0.3) is 0 Å². The summed E-state index contributed by atoms with van der Waals surface area (Å²) in [6, 6.07) is 6.13. The highest BCUT2D eigenvalue weighted by molar-refractivity contribution is 5.90. The zero-order chi connectivity index (χ0) is 14.7. The van der Waals surface area contributed by atoms with Crippen molar-refractivity contribution >= 4 is 5.97 Å². The van der Waals surface area contributed by atoms with E-state index >= 15 is 0 Å². The van der Waals surface area contributed by atoms with Crippen molar-refractivity contribution in [2.45, 2.75) is 6.61 Å². The van der Waals surface area contributed by atoms with Gasteiger partial charge in [-0.2, -0.15) is 0 Å². The van der Waals surface area contributed by atoms with E-state index < -0.39 is 35.8 Å². The van der Waals surface area contributed by atoms with Crippen molar-refractivity contribution in [1.29, 1.82) is 0 Å². The summed E-state index contributed by atoms with van der Waals surface area (Å²) in [5, 5.41) is 8.91. The highest BCUT2D eigenvalue weighted by atomic mass is 19.1. The standard InChI is InChI=1S/C14H9F3O3/c15-9-4-5-11(16)8(6-9)7-20-13-10(14(18)19)2-1-3-12(13)17/h1-6H,7H2,(H,18,19). The molecule has 0 amide bonds. The second-order valence-corrected chi connectivity index (χ2v) is 3.95. The molecule has 0 unspecified atom stereocenters. The first-order chi connectivity index (χ1) is 9.49. The normalized spacial score (nSPS) is 10.3. The smallest absolute Gasteiger partial charge is 0.339 e. The van der Waals surface area contributed by atoms with Crippen LogP contribution >= 0.6 is 0 Å². The molecule has 0 saturated carbocycles. The summed E-state index contributed by atoms with van der Waals surface area (Å²) in [5.74, 6) is -4.17. The molecule has 0 fully saturated rings. The molecule has 104 valence electrons. The summed E-state index contributed by atoms with van der Waals surface area (Å²) in [7, 11) is 0. The summed E-state index contributed by atoms with van der Waals surface area (Å²) in [5.41, 5.74) is -0.522. The molecule has 2 rings (SSSR count). The number of carbonyl (C=O) groups is 1. The molecule has 1 N–H and O–H groups in total. The molecule has 0 atom stereocenters. The third kappa shape index (κ3) is 2.90. The van der Waals surface area contributed by atoms with Crippen LogP contribution in [0.5, 0.6) is 5.75 Å². The quantitative estimate of drug-likeness (QED) is 0.935. The van der Waals surface area contributed by atoms with Crippen molar-refractivity contribution in [1.82, 2.24) is 0 Å². The van der Waals surface area contributed by atoms with Crippen LogP contribution in [-0.2, 0) is 6.61 Å². The minimum absolute atomic E-state index is 0.135. The van der Waals surface area contributed by atoms with E-state index in [9.17, 15) is 18.0 Å². The molecule has 0 aliphatic carbocycles. The molecule has 3 nitrogen and oxygen atoms in total. The second-order valence-electron chi connectivity index (χ2n) is 3.95. The minimum atomic E-state index is -1.38. The van der Waals surface area contributed by atoms with Gasteiger partial charge in [0.1, 0.15) is 23.8 Å². The van der Waals surface area contributed by atoms with E-state index in [1.165, 1.54) is 6.07 Å². The molecular weight excluding hydrogens is 273 g/mol. The Bertz CT molecular complexity index is 656. The van der Waals surface area contributed by atoms with Gasteiger partial charge in [-0.1, -0.05) is 6.07 Å². The van der Waals surface area contributed by atoms with Crippen molar-refractivity contribution in [3.8, 4) is 5.75 Å². The predicted octanol–water partition coefficient (Wildman–Crippen LogP) is 3.38. The second kappa shape index (κ2) is 5.64. The largest absolute Gasteiger partial charge is 0.485 e. The summed E-state index contributed by atoms with van der Waals surface area (Å²) in [6.07, 6.45) is 0. The lowest BCUT2D eigenvalue weighted by atomic mass is 10.2. The Balaban J connectivity index is 2.27. The number of ether oxygens (including phenoxy) is 1. The monoisotopic (exact) mass is 282 g/mol. The molecule has 0 spiro atoms. The van der Waals surface area contributed by atoms with Crippen molar-refractivity contribution in [3.63, 3.8) is 0 Å². The number of rotatable bonds is 4. The van der Waals surface area contributed by atoms with Crippen LogP contribution in [0.4, 0.5) is 13.2 Å². The molecule has 0 bridgehead atoms. The van der Waals surface area contributed by atoms with E-state index in [1.54, 1.807) is 0 Å². The summed E-state index contributed by atoms with van der Waals surface area (Å²) >= 11 is 0. The molecular formula is C14H9F3O3. The molecule has 0 aliphatic heterocycles. The Morgan fingerprint density at radius 3 is 2.55 bits per heavy atom. The van der Waals surface area contributed by atoms with E-state index in [4.69, 9.17) is 9.84 Å². The predicted molar refractivity (Wildman–Crippen MR) is 64.0 cm³/mol. The number of aromatic carboxylic acids is 1. The van der Waals surface area contributed by atoms with Crippen molar-refractivity contribution in [2.24, 2.45) is 0 Å². The Kier molecular flexibility index (Phi) is 3.93. The maximum atomic E-state index is 13.5. The van der Waals surface area contributed by atoms with Gasteiger partial charge in [-0.25, -0.2) is 18.0 Å². The number of hydrogen-bond donors (Lipinski definition) is 1. The summed E-state index contributed by atoms with van der Waals surface area (Å²) < 4.78 is 44.9. The lowest BCUT2D eigenvalue weighted by Gasteiger charge is -2.10. The fourth-order valence-corrected chi connectivity index (χ4v) is 1.63. The first kappa shape index (κ1) is 13.9. The number of hydrogen-bond acceptors (Lipinski definition) is 2. The lowest BCUT2D eigenvalue weighted by Crippen LogP contribution is -2.06. The Hall–Kier alpha value is -2.50. The van der Waals surface area contributed by atoms with Crippen molar-refractivity contribution in [2.75, 3.05) is 0 Å². The fourth-order valence-electron chi connectivity index (χ4n) is 1.63. The molecule has 0 aromatic heterocycles. The van der Waals surface area contributed by atoms with Gasteiger partial charge in [-0.05, 0) is 30.3 Å². The Labute approximate surface area is 112 Å². The average Bonchev–Trinajstić information content (AvgIpc) is 2.40. The van der Waals surface area contributed by atoms with E-state index in [2.05, 4.69) is 0 Å². The number of halogens is 3. The van der Waals surface area contributed by atoms with E-state index in [0.29, 0.717) is 0 Å². The van der Waals surface area contributed by atoms with Crippen LogP contribution in [-0.4, -0.2) is 11.1 Å². The molecule has 0 aliphatic rings. The zero-order valence-electron chi connectivity index (χ0n) is 10.1. The van der Waals surface area contributed by atoms with E-state index in [0.717, 1.165) is 30.3 Å². The fraction of sp³-hybridized carbons (Fsp3) is 0.0714. The van der Waals surface area contributed by atoms with Gasteiger partial charge in [0, 0.05) is 5.56 Å². The molecule has 6 heteroatoms. The number of benzene rings is 2. The minimum Gasteiger partial charge on any atom is -0.485 e. The van der Waals surface area contributed by atoms with Crippen LogP contribution in [0.3, 0.4) is 0 Å². The van der Waals surface area contributed by atoms with Gasteiger partial charge in [0.15, 0.2) is 11.6 Å². The summed E-state index contributed by atoms with van der Waals surface area (Å²) in [4.78, 5) is 10.9. The van der Waals surface area contributed by atoms with Gasteiger partial charge < -0.3 is 9.84 Å². The average molecular weight is 282 g/mol. The molecule has 20 heavy (non-hydrogen) atoms. The number of carboxylic acid groups (broad SMARTS) is 1. The van der Waals surface area contributed by atoms with Crippen LogP contribution in [0, 0.1) is 17.5 Å². The van der Waals surface area contributed by atoms with Crippen LogP contribution in [0.15, 0.2) is 36.4 Å². The molecule has 2 aromatic rings. The van der Waals surface area contributed by atoms with Gasteiger partial charge in [0.2, 0.25) is 0 Å². The van der Waals surface area contributed by atoms with Gasteiger partial charge in [0.25, 0.3) is 0 Å². The van der Waals surface area contributed by atoms with Crippen molar-refractivity contribution < 1.29 is 27.8 Å². The number of carboxylic acids is 1. The third-order valence-corrected chi connectivity index (χ3v) is 2.58. The highest BCUT2D eigenvalue weighted by Crippen LogP contribution is 2.24. The molecule has 0 radical (unpaired) electrons. The molecule has 0 saturated heterocycles. The van der Waals surface area contributed by atoms with Gasteiger partial charge in [0.05, 0.1) is 0 Å². The van der Waals surface area contributed by atoms with E-state index in [1.807, 2.05) is 0 Å². The van der Waals surface area contributed by atoms with Crippen molar-refractivity contribution in [3.05, 3.63) is 65.0 Å². The maximum Gasteiger partial charge on any atom is 0.339 e.